The van der Waals surface area contributed by atoms with Crippen molar-refractivity contribution in [2.24, 2.45) is 11.8 Å². The number of likely N-dealkylation sites (tertiary alicyclic amines) is 1. The zero-order valence-electron chi connectivity index (χ0n) is 12.0. The molecule has 1 N–H and O–H groups in total. The Morgan fingerprint density at radius 2 is 2.00 bits per heavy atom. The molecule has 0 spiro atoms. The summed E-state index contributed by atoms with van der Waals surface area (Å²) in [4.78, 5) is 2.48. The van der Waals surface area contributed by atoms with Crippen molar-refractivity contribution in [3.63, 3.8) is 0 Å². The van der Waals surface area contributed by atoms with Crippen molar-refractivity contribution < 1.29 is 0 Å². The van der Waals surface area contributed by atoms with Gasteiger partial charge in [-0.1, -0.05) is 30.3 Å². The number of benzene rings is 1. The van der Waals surface area contributed by atoms with Crippen molar-refractivity contribution in [3.8, 4) is 0 Å². The second-order valence-electron chi connectivity index (χ2n) is 6.40. The van der Waals surface area contributed by atoms with Gasteiger partial charge >= 0.3 is 0 Å². The molecule has 1 saturated heterocycles. The largest absolute Gasteiger partial charge is 0.309 e. The van der Waals surface area contributed by atoms with E-state index in [1.165, 1.54) is 50.9 Å². The number of rotatable bonds is 5. The van der Waals surface area contributed by atoms with E-state index in [0.717, 1.165) is 11.8 Å². The molecular formula is C17H26N2. The van der Waals surface area contributed by atoms with Gasteiger partial charge in [-0.2, -0.15) is 0 Å². The Hall–Kier alpha value is -0.860. The van der Waals surface area contributed by atoms with Gasteiger partial charge in [0.05, 0.1) is 0 Å². The summed E-state index contributed by atoms with van der Waals surface area (Å²) in [5.74, 6) is 1.72. The molecule has 1 saturated carbocycles. The highest BCUT2D eigenvalue weighted by atomic mass is 15.1. The van der Waals surface area contributed by atoms with Crippen LogP contribution in [0.25, 0.3) is 0 Å². The van der Waals surface area contributed by atoms with E-state index in [-0.39, 0.29) is 0 Å². The molecule has 2 nitrogen and oxygen atoms in total. The van der Waals surface area contributed by atoms with Crippen LogP contribution in [0.5, 0.6) is 0 Å². The summed E-state index contributed by atoms with van der Waals surface area (Å²) in [6.45, 7) is 3.72. The molecule has 19 heavy (non-hydrogen) atoms. The average Bonchev–Trinajstić information content (AvgIpc) is 3.25. The second-order valence-corrected chi connectivity index (χ2v) is 6.40. The summed E-state index contributed by atoms with van der Waals surface area (Å²) in [5.41, 5.74) is 1.48. The summed E-state index contributed by atoms with van der Waals surface area (Å²) in [6.07, 6.45) is 5.56. The standard InChI is InChI=1S/C17H26N2/c1-19-11-5-6-14(13-19)12-18-17(16-9-10-16)15-7-3-2-4-8-15/h2-4,7-8,14,16-18H,5-6,9-13H2,1H3. The predicted octanol–water partition coefficient (Wildman–Crippen LogP) is 3.07. The smallest absolute Gasteiger partial charge is 0.0348 e. The van der Waals surface area contributed by atoms with Gasteiger partial charge in [-0.15, -0.1) is 0 Å². The number of nitrogens with one attached hydrogen (secondary N) is 1. The molecule has 2 atom stereocenters. The van der Waals surface area contributed by atoms with Gasteiger partial charge in [-0.3, -0.25) is 0 Å². The zero-order chi connectivity index (χ0) is 13.1. The Morgan fingerprint density at radius 1 is 1.21 bits per heavy atom. The lowest BCUT2D eigenvalue weighted by Crippen LogP contribution is -2.38. The number of hydrogen-bond acceptors (Lipinski definition) is 2. The van der Waals surface area contributed by atoms with Crippen molar-refractivity contribution in [2.45, 2.75) is 31.7 Å². The van der Waals surface area contributed by atoms with Crippen LogP contribution in [0.15, 0.2) is 30.3 Å². The molecule has 1 aromatic rings. The Balaban J connectivity index is 1.57. The van der Waals surface area contributed by atoms with Gasteiger partial charge in [0.2, 0.25) is 0 Å². The van der Waals surface area contributed by atoms with Crippen LogP contribution < -0.4 is 5.32 Å². The minimum atomic E-state index is 0.591. The molecule has 2 fully saturated rings. The Morgan fingerprint density at radius 3 is 2.68 bits per heavy atom. The highest BCUT2D eigenvalue weighted by molar-refractivity contribution is 5.21. The first-order chi connectivity index (χ1) is 9.33. The van der Waals surface area contributed by atoms with Crippen molar-refractivity contribution >= 4 is 0 Å². The normalized spacial score (nSPS) is 26.3. The lowest BCUT2D eigenvalue weighted by Gasteiger charge is -2.31. The fraction of sp³-hybridized carbons (Fsp3) is 0.647. The Kier molecular flexibility index (Phi) is 4.19. The van der Waals surface area contributed by atoms with E-state index in [2.05, 4.69) is 47.6 Å². The first-order valence-corrected chi connectivity index (χ1v) is 7.80. The quantitative estimate of drug-likeness (QED) is 0.873. The first kappa shape index (κ1) is 13.1. The summed E-state index contributed by atoms with van der Waals surface area (Å²) >= 11 is 0. The zero-order valence-corrected chi connectivity index (χ0v) is 12.0. The van der Waals surface area contributed by atoms with E-state index in [0.29, 0.717) is 6.04 Å². The van der Waals surface area contributed by atoms with Crippen LogP contribution in [0.2, 0.25) is 0 Å². The summed E-state index contributed by atoms with van der Waals surface area (Å²) in [7, 11) is 2.25. The van der Waals surface area contributed by atoms with E-state index in [4.69, 9.17) is 0 Å². The van der Waals surface area contributed by atoms with E-state index < -0.39 is 0 Å². The Bertz CT molecular complexity index is 386. The monoisotopic (exact) mass is 258 g/mol. The molecule has 1 heterocycles. The van der Waals surface area contributed by atoms with Crippen LogP contribution in [-0.4, -0.2) is 31.6 Å². The van der Waals surface area contributed by atoms with Crippen LogP contribution >= 0.6 is 0 Å². The van der Waals surface area contributed by atoms with E-state index in [1.807, 2.05) is 0 Å². The third-order valence-corrected chi connectivity index (χ3v) is 4.60. The third-order valence-electron chi connectivity index (χ3n) is 4.60. The topological polar surface area (TPSA) is 15.3 Å². The molecule has 1 aromatic carbocycles. The van der Waals surface area contributed by atoms with Crippen LogP contribution in [0.3, 0.4) is 0 Å². The van der Waals surface area contributed by atoms with Crippen LogP contribution in [0.1, 0.15) is 37.3 Å². The SMILES string of the molecule is CN1CCCC(CNC(c2ccccc2)C2CC2)C1. The lowest BCUT2D eigenvalue weighted by molar-refractivity contribution is 0.201. The van der Waals surface area contributed by atoms with Crippen molar-refractivity contribution in [1.82, 2.24) is 10.2 Å². The number of piperidine rings is 1. The van der Waals surface area contributed by atoms with E-state index >= 15 is 0 Å². The highest BCUT2D eigenvalue weighted by Gasteiger charge is 2.32. The van der Waals surface area contributed by atoms with Gasteiger partial charge in [0, 0.05) is 12.6 Å². The third kappa shape index (κ3) is 3.58. The highest BCUT2D eigenvalue weighted by Crippen LogP contribution is 2.41. The molecule has 104 valence electrons. The number of hydrogen-bond donors (Lipinski definition) is 1. The molecule has 0 radical (unpaired) electrons. The maximum Gasteiger partial charge on any atom is 0.0348 e. The second kappa shape index (κ2) is 6.06. The molecule has 0 amide bonds. The molecule has 3 rings (SSSR count). The molecule has 2 aliphatic rings. The fourth-order valence-corrected chi connectivity index (χ4v) is 3.38. The van der Waals surface area contributed by atoms with Gasteiger partial charge in [0.25, 0.3) is 0 Å². The predicted molar refractivity (Wildman–Crippen MR) is 80.1 cm³/mol. The molecular weight excluding hydrogens is 232 g/mol. The molecule has 1 aliphatic carbocycles. The summed E-state index contributed by atoms with van der Waals surface area (Å²) < 4.78 is 0. The van der Waals surface area contributed by atoms with Crippen LogP contribution in [0, 0.1) is 11.8 Å². The van der Waals surface area contributed by atoms with Gasteiger partial charge in [-0.25, -0.2) is 0 Å². The van der Waals surface area contributed by atoms with E-state index in [9.17, 15) is 0 Å². The summed E-state index contributed by atoms with van der Waals surface area (Å²) in [6, 6.07) is 11.6. The van der Waals surface area contributed by atoms with Crippen molar-refractivity contribution in [2.75, 3.05) is 26.7 Å². The minimum Gasteiger partial charge on any atom is -0.309 e. The van der Waals surface area contributed by atoms with Gasteiger partial charge in [0.1, 0.15) is 0 Å². The number of nitrogens with zero attached hydrogens (tertiary/aromatic N) is 1. The van der Waals surface area contributed by atoms with Crippen LogP contribution in [0.4, 0.5) is 0 Å². The maximum absolute atomic E-state index is 3.86. The minimum absolute atomic E-state index is 0.591. The summed E-state index contributed by atoms with van der Waals surface area (Å²) in [5, 5.41) is 3.86. The Labute approximate surface area is 117 Å². The van der Waals surface area contributed by atoms with Gasteiger partial charge in [0.15, 0.2) is 0 Å². The van der Waals surface area contributed by atoms with E-state index in [1.54, 1.807) is 0 Å². The van der Waals surface area contributed by atoms with Gasteiger partial charge in [-0.05, 0) is 63.2 Å². The molecule has 2 heteroatoms. The molecule has 1 aliphatic heterocycles. The molecule has 2 unspecified atom stereocenters. The maximum atomic E-state index is 3.86. The molecule has 0 aromatic heterocycles. The van der Waals surface area contributed by atoms with Crippen LogP contribution in [-0.2, 0) is 0 Å². The average molecular weight is 258 g/mol. The molecule has 0 bridgehead atoms. The van der Waals surface area contributed by atoms with Crippen molar-refractivity contribution in [3.05, 3.63) is 35.9 Å². The first-order valence-electron chi connectivity index (χ1n) is 7.80. The fourth-order valence-electron chi connectivity index (χ4n) is 3.38. The lowest BCUT2D eigenvalue weighted by atomic mass is 9.96. The van der Waals surface area contributed by atoms with Crippen molar-refractivity contribution in [1.29, 1.82) is 0 Å². The van der Waals surface area contributed by atoms with Gasteiger partial charge < -0.3 is 10.2 Å².